The number of hydrogen-bond donors (Lipinski definition) is 2. The molecule has 0 bridgehead atoms. The van der Waals surface area contributed by atoms with Crippen molar-refractivity contribution in [2.75, 3.05) is 26.2 Å². The molecule has 3 nitrogen and oxygen atoms in total. The van der Waals surface area contributed by atoms with E-state index in [0.29, 0.717) is 5.56 Å². The van der Waals surface area contributed by atoms with Gasteiger partial charge >= 0.3 is 0 Å². The molecular weight excluding hydrogens is 306 g/mol. The Labute approximate surface area is 113 Å². The molecule has 2 rings (SSSR count). The maximum atomic E-state index is 13.5. The van der Waals surface area contributed by atoms with Gasteiger partial charge in [-0.05, 0) is 28.9 Å². The van der Waals surface area contributed by atoms with Gasteiger partial charge in [0.25, 0.3) is 0 Å². The molecule has 100 valence electrons. The minimum absolute atomic E-state index is 0.0368. The minimum atomic E-state index is -1.19. The summed E-state index contributed by atoms with van der Waals surface area (Å²) in [7, 11) is 0. The van der Waals surface area contributed by atoms with Gasteiger partial charge in [0.2, 0.25) is 5.82 Å². The number of hydrogen-bond acceptors (Lipinski definition) is 3. The lowest BCUT2D eigenvalue weighted by Crippen LogP contribution is -2.44. The number of piperazine rings is 1. The Hall–Kier alpha value is -0.720. The summed E-state index contributed by atoms with van der Waals surface area (Å²) in [5.41, 5.74) is 0.405. The quantitative estimate of drug-likeness (QED) is 0.821. The van der Waals surface area contributed by atoms with Gasteiger partial charge in [-0.25, -0.2) is 4.39 Å². The second-order valence-electron chi connectivity index (χ2n) is 4.39. The van der Waals surface area contributed by atoms with E-state index in [4.69, 9.17) is 0 Å². The third-order valence-electron chi connectivity index (χ3n) is 3.32. The van der Waals surface area contributed by atoms with Crippen molar-refractivity contribution in [3.63, 3.8) is 0 Å². The van der Waals surface area contributed by atoms with E-state index in [0.717, 1.165) is 26.2 Å². The zero-order chi connectivity index (χ0) is 13.3. The summed E-state index contributed by atoms with van der Waals surface area (Å²) >= 11 is 2.97. The first-order valence-corrected chi connectivity index (χ1v) is 6.62. The topological polar surface area (TPSA) is 35.5 Å². The summed E-state index contributed by atoms with van der Waals surface area (Å²) in [6.07, 6.45) is 0. The molecule has 1 aliphatic rings. The average Bonchev–Trinajstić information content (AvgIpc) is 2.41. The summed E-state index contributed by atoms with van der Waals surface area (Å²) in [5.74, 6) is -2.84. The Kier molecular flexibility index (Phi) is 4.19. The molecule has 0 amide bonds. The van der Waals surface area contributed by atoms with E-state index < -0.39 is 17.4 Å². The zero-order valence-corrected chi connectivity index (χ0v) is 11.6. The molecule has 1 aliphatic heterocycles. The molecule has 1 atom stereocenters. The number of rotatable bonds is 2. The van der Waals surface area contributed by atoms with Crippen molar-refractivity contribution < 1.29 is 13.9 Å². The number of benzene rings is 1. The van der Waals surface area contributed by atoms with Crippen molar-refractivity contribution in [1.82, 2.24) is 10.2 Å². The first kappa shape index (κ1) is 13.7. The molecule has 1 aromatic carbocycles. The van der Waals surface area contributed by atoms with Crippen molar-refractivity contribution in [2.45, 2.75) is 13.0 Å². The van der Waals surface area contributed by atoms with Crippen LogP contribution in [0.25, 0.3) is 0 Å². The van der Waals surface area contributed by atoms with Crippen LogP contribution in [0.15, 0.2) is 10.5 Å². The van der Waals surface area contributed by atoms with Crippen molar-refractivity contribution in [2.24, 2.45) is 0 Å². The van der Waals surface area contributed by atoms with Crippen LogP contribution in [0.3, 0.4) is 0 Å². The van der Waals surface area contributed by atoms with E-state index in [1.807, 2.05) is 6.92 Å². The number of phenols is 1. The van der Waals surface area contributed by atoms with E-state index in [1.54, 1.807) is 0 Å². The van der Waals surface area contributed by atoms with Crippen LogP contribution in [-0.2, 0) is 0 Å². The van der Waals surface area contributed by atoms with Crippen LogP contribution in [0, 0.1) is 11.6 Å². The zero-order valence-electron chi connectivity index (χ0n) is 10.0. The number of halogens is 3. The van der Waals surface area contributed by atoms with Crippen LogP contribution in [-0.4, -0.2) is 36.2 Å². The predicted molar refractivity (Wildman–Crippen MR) is 68.6 cm³/mol. The number of phenolic OH excluding ortho intramolecular Hbond substituents is 1. The summed E-state index contributed by atoms with van der Waals surface area (Å²) in [5, 5.41) is 12.9. The fraction of sp³-hybridized carbons (Fsp3) is 0.500. The summed E-state index contributed by atoms with van der Waals surface area (Å²) in [6, 6.07) is 1.29. The van der Waals surface area contributed by atoms with Crippen LogP contribution in [0.2, 0.25) is 0 Å². The Morgan fingerprint density at radius 2 is 1.94 bits per heavy atom. The third kappa shape index (κ3) is 2.50. The van der Waals surface area contributed by atoms with Gasteiger partial charge in [-0.1, -0.05) is 0 Å². The smallest absolute Gasteiger partial charge is 0.201 e. The van der Waals surface area contributed by atoms with Crippen molar-refractivity contribution in [3.8, 4) is 5.75 Å². The Morgan fingerprint density at radius 3 is 2.56 bits per heavy atom. The van der Waals surface area contributed by atoms with Crippen molar-refractivity contribution in [3.05, 3.63) is 27.7 Å². The lowest BCUT2D eigenvalue weighted by atomic mass is 10.0. The van der Waals surface area contributed by atoms with Gasteiger partial charge in [0.05, 0.1) is 4.47 Å². The Morgan fingerprint density at radius 1 is 1.33 bits per heavy atom. The highest BCUT2D eigenvalue weighted by molar-refractivity contribution is 9.10. The van der Waals surface area contributed by atoms with E-state index in [-0.39, 0.29) is 10.5 Å². The molecule has 18 heavy (non-hydrogen) atoms. The third-order valence-corrected chi connectivity index (χ3v) is 3.89. The number of aromatic hydroxyl groups is 1. The predicted octanol–water partition coefficient (Wildman–Crippen LogP) is 2.40. The van der Waals surface area contributed by atoms with Gasteiger partial charge in [-0.2, -0.15) is 4.39 Å². The average molecular weight is 321 g/mol. The molecule has 1 fully saturated rings. The van der Waals surface area contributed by atoms with Crippen molar-refractivity contribution >= 4 is 15.9 Å². The molecule has 0 aromatic heterocycles. The molecule has 0 aliphatic carbocycles. The molecule has 1 heterocycles. The minimum Gasteiger partial charge on any atom is -0.505 e. The normalized spacial score (nSPS) is 18.9. The van der Waals surface area contributed by atoms with Crippen LogP contribution >= 0.6 is 15.9 Å². The molecule has 0 unspecified atom stereocenters. The van der Waals surface area contributed by atoms with Gasteiger partial charge in [0.15, 0.2) is 11.6 Å². The first-order chi connectivity index (χ1) is 8.52. The lowest BCUT2D eigenvalue weighted by Gasteiger charge is -2.33. The van der Waals surface area contributed by atoms with E-state index in [2.05, 4.69) is 26.1 Å². The fourth-order valence-corrected chi connectivity index (χ4v) is 2.61. The molecule has 1 aromatic rings. The van der Waals surface area contributed by atoms with Crippen molar-refractivity contribution in [1.29, 1.82) is 0 Å². The highest BCUT2D eigenvalue weighted by Crippen LogP contribution is 2.35. The Bertz CT molecular complexity index is 450. The monoisotopic (exact) mass is 320 g/mol. The molecule has 2 N–H and O–H groups in total. The maximum Gasteiger partial charge on any atom is 0.201 e. The molecule has 0 radical (unpaired) electrons. The number of nitrogens with one attached hydrogen (secondary N) is 1. The van der Waals surface area contributed by atoms with Crippen LogP contribution in [0.5, 0.6) is 5.75 Å². The van der Waals surface area contributed by atoms with Gasteiger partial charge < -0.3 is 10.4 Å². The molecule has 6 heteroatoms. The first-order valence-electron chi connectivity index (χ1n) is 5.83. The highest BCUT2D eigenvalue weighted by atomic mass is 79.9. The second-order valence-corrected chi connectivity index (χ2v) is 5.24. The summed E-state index contributed by atoms with van der Waals surface area (Å²) < 4.78 is 26.8. The SMILES string of the molecule is C[C@H](c1cc(Br)c(F)c(F)c1O)N1CCNCC1. The lowest BCUT2D eigenvalue weighted by molar-refractivity contribution is 0.182. The second kappa shape index (κ2) is 5.50. The maximum absolute atomic E-state index is 13.5. The van der Waals surface area contributed by atoms with E-state index >= 15 is 0 Å². The fourth-order valence-electron chi connectivity index (χ4n) is 2.19. The summed E-state index contributed by atoms with van der Waals surface area (Å²) in [6.45, 7) is 5.23. The van der Waals surface area contributed by atoms with Crippen LogP contribution in [0.4, 0.5) is 8.78 Å². The largest absolute Gasteiger partial charge is 0.505 e. The molecular formula is C12H15BrF2N2O. The van der Waals surface area contributed by atoms with Gasteiger partial charge in [-0.3, -0.25) is 4.90 Å². The highest BCUT2D eigenvalue weighted by Gasteiger charge is 2.24. The van der Waals surface area contributed by atoms with Gasteiger partial charge in [0.1, 0.15) is 0 Å². The molecule has 0 saturated carbocycles. The van der Waals surface area contributed by atoms with Crippen LogP contribution < -0.4 is 5.32 Å². The van der Waals surface area contributed by atoms with Gasteiger partial charge in [0, 0.05) is 37.8 Å². The van der Waals surface area contributed by atoms with E-state index in [9.17, 15) is 13.9 Å². The summed E-state index contributed by atoms with van der Waals surface area (Å²) in [4.78, 5) is 2.12. The number of nitrogens with zero attached hydrogens (tertiary/aromatic N) is 1. The van der Waals surface area contributed by atoms with Gasteiger partial charge in [-0.15, -0.1) is 0 Å². The standard InChI is InChI=1S/C12H15BrF2N2O/c1-7(17-4-2-16-3-5-17)8-6-9(13)10(14)11(15)12(8)18/h6-7,16,18H,2-5H2,1H3/t7-/m1/s1. The molecule has 0 spiro atoms. The molecule has 1 saturated heterocycles. The Balaban J connectivity index is 2.32. The van der Waals surface area contributed by atoms with Crippen LogP contribution in [0.1, 0.15) is 18.5 Å². The van der Waals surface area contributed by atoms with E-state index in [1.165, 1.54) is 6.07 Å².